The Morgan fingerprint density at radius 2 is 2.20 bits per heavy atom. The van der Waals surface area contributed by atoms with Gasteiger partial charge in [-0.15, -0.1) is 0 Å². The van der Waals surface area contributed by atoms with Crippen molar-refractivity contribution < 1.29 is 4.79 Å². The Morgan fingerprint density at radius 3 is 3.00 bits per heavy atom. The highest BCUT2D eigenvalue weighted by molar-refractivity contribution is 6.09. The molecule has 0 atom stereocenters. The fourth-order valence-electron chi connectivity index (χ4n) is 3.44. The van der Waals surface area contributed by atoms with Crippen LogP contribution in [0.3, 0.4) is 0 Å². The highest BCUT2D eigenvalue weighted by Crippen LogP contribution is 2.32. The molecule has 3 aromatic heterocycles. The van der Waals surface area contributed by atoms with Crippen LogP contribution in [0, 0.1) is 17.2 Å². The van der Waals surface area contributed by atoms with Crippen molar-refractivity contribution in [1.29, 1.82) is 5.26 Å². The Labute approximate surface area is 143 Å². The maximum atomic E-state index is 12.0. The van der Waals surface area contributed by atoms with Gasteiger partial charge in [0.15, 0.2) is 5.65 Å². The van der Waals surface area contributed by atoms with Crippen LogP contribution in [0.1, 0.15) is 12.8 Å². The number of H-pyrrole nitrogens is 1. The molecule has 0 aliphatic carbocycles. The molecule has 4 rings (SSSR count). The molecule has 0 aromatic carbocycles. The van der Waals surface area contributed by atoms with Crippen molar-refractivity contribution in [3.8, 4) is 6.07 Å². The topological polar surface area (TPSA) is 111 Å². The maximum absolute atomic E-state index is 12.0. The molecule has 0 saturated carbocycles. The number of anilines is 1. The lowest BCUT2D eigenvalue weighted by atomic mass is 9.95. The van der Waals surface area contributed by atoms with Crippen LogP contribution in [0.2, 0.25) is 0 Å². The molecular formula is C17H17N7O. The lowest BCUT2D eigenvalue weighted by Crippen LogP contribution is -2.40. The monoisotopic (exact) mass is 335 g/mol. The molecule has 25 heavy (non-hydrogen) atoms. The number of hydrogen-bond acceptors (Lipinski definition) is 6. The first-order valence-electron chi connectivity index (χ1n) is 8.24. The number of fused-ring (bicyclic) bond motifs is 3. The first-order chi connectivity index (χ1) is 12.3. The van der Waals surface area contributed by atoms with Gasteiger partial charge in [-0.2, -0.15) is 10.4 Å². The molecule has 0 spiro atoms. The zero-order valence-corrected chi connectivity index (χ0v) is 13.6. The molecule has 0 radical (unpaired) electrons. The Kier molecular flexibility index (Phi) is 3.90. The number of rotatable bonds is 3. The van der Waals surface area contributed by atoms with Crippen LogP contribution in [0.15, 0.2) is 24.7 Å². The quantitative estimate of drug-likeness (QED) is 0.699. The first-order valence-corrected chi connectivity index (χ1v) is 8.24. The number of aromatic amines is 1. The zero-order valence-electron chi connectivity index (χ0n) is 13.6. The van der Waals surface area contributed by atoms with E-state index in [4.69, 9.17) is 5.26 Å². The summed E-state index contributed by atoms with van der Waals surface area (Å²) in [6.45, 7) is 1.60. The number of pyridine rings is 1. The van der Waals surface area contributed by atoms with Gasteiger partial charge in [0, 0.05) is 36.0 Å². The van der Waals surface area contributed by atoms with Crippen LogP contribution in [0.4, 0.5) is 5.69 Å². The lowest BCUT2D eigenvalue weighted by molar-refractivity contribution is -0.125. The summed E-state index contributed by atoms with van der Waals surface area (Å²) in [4.78, 5) is 22.9. The fourth-order valence-corrected chi connectivity index (χ4v) is 3.44. The van der Waals surface area contributed by atoms with Crippen LogP contribution in [-0.4, -0.2) is 45.7 Å². The third-order valence-corrected chi connectivity index (χ3v) is 4.71. The number of nitrogens with one attached hydrogen (secondary N) is 2. The van der Waals surface area contributed by atoms with Crippen molar-refractivity contribution in [2.45, 2.75) is 12.8 Å². The highest BCUT2D eigenvalue weighted by Gasteiger charge is 2.26. The number of nitrogens with zero attached hydrogens (tertiary/aromatic N) is 5. The fraction of sp³-hybridized carbons (Fsp3) is 0.353. The van der Waals surface area contributed by atoms with Gasteiger partial charge in [-0.1, -0.05) is 0 Å². The maximum Gasteiger partial charge on any atom is 0.224 e. The van der Waals surface area contributed by atoms with Gasteiger partial charge in [-0.25, -0.2) is 9.97 Å². The predicted octanol–water partition coefficient (Wildman–Crippen LogP) is 1.36. The van der Waals surface area contributed by atoms with Gasteiger partial charge in [0.25, 0.3) is 0 Å². The van der Waals surface area contributed by atoms with E-state index in [2.05, 4.69) is 30.4 Å². The second kappa shape index (κ2) is 6.36. The number of carbonyl (C=O) groups is 1. The van der Waals surface area contributed by atoms with Crippen molar-refractivity contribution in [3.63, 3.8) is 0 Å². The molecule has 0 unspecified atom stereocenters. The number of amides is 1. The van der Waals surface area contributed by atoms with E-state index < -0.39 is 0 Å². The Morgan fingerprint density at radius 1 is 1.36 bits per heavy atom. The summed E-state index contributed by atoms with van der Waals surface area (Å²) in [5.74, 6) is -0.0706. The van der Waals surface area contributed by atoms with Gasteiger partial charge in [-0.3, -0.25) is 9.89 Å². The molecule has 126 valence electrons. The minimum Gasteiger partial charge on any atom is -0.370 e. The van der Waals surface area contributed by atoms with E-state index in [1.54, 1.807) is 12.4 Å². The molecule has 4 heterocycles. The van der Waals surface area contributed by atoms with Crippen LogP contribution >= 0.6 is 0 Å². The van der Waals surface area contributed by atoms with Gasteiger partial charge in [0.05, 0.1) is 29.7 Å². The van der Waals surface area contributed by atoms with Crippen molar-refractivity contribution in [2.75, 3.05) is 24.5 Å². The van der Waals surface area contributed by atoms with Crippen LogP contribution in [0.25, 0.3) is 21.9 Å². The second-order valence-corrected chi connectivity index (χ2v) is 6.12. The van der Waals surface area contributed by atoms with Crippen molar-refractivity contribution in [2.24, 2.45) is 5.92 Å². The Balaban J connectivity index is 1.60. The number of piperidine rings is 1. The molecule has 1 amide bonds. The summed E-state index contributed by atoms with van der Waals surface area (Å²) in [6, 6.07) is 3.90. The number of hydrogen-bond donors (Lipinski definition) is 2. The van der Waals surface area contributed by atoms with E-state index >= 15 is 0 Å². The lowest BCUT2D eigenvalue weighted by Gasteiger charge is -2.33. The summed E-state index contributed by atoms with van der Waals surface area (Å²) in [5, 5.41) is 20.5. The van der Waals surface area contributed by atoms with E-state index in [1.165, 1.54) is 0 Å². The normalized spacial score (nSPS) is 15.4. The van der Waals surface area contributed by atoms with Crippen LogP contribution in [-0.2, 0) is 4.79 Å². The van der Waals surface area contributed by atoms with Crippen LogP contribution in [0.5, 0.6) is 0 Å². The summed E-state index contributed by atoms with van der Waals surface area (Å²) in [7, 11) is 0. The third-order valence-electron chi connectivity index (χ3n) is 4.71. The minimum absolute atomic E-state index is 0.0302. The molecule has 1 fully saturated rings. The van der Waals surface area contributed by atoms with Gasteiger partial charge >= 0.3 is 0 Å². The molecule has 1 saturated heterocycles. The average molecular weight is 335 g/mol. The summed E-state index contributed by atoms with van der Waals surface area (Å²) >= 11 is 0. The molecular weight excluding hydrogens is 318 g/mol. The summed E-state index contributed by atoms with van der Waals surface area (Å²) in [5.41, 5.74) is 2.62. The second-order valence-electron chi connectivity index (χ2n) is 6.12. The molecule has 0 bridgehead atoms. The number of nitriles is 1. The summed E-state index contributed by atoms with van der Waals surface area (Å²) in [6.07, 6.45) is 6.84. The largest absolute Gasteiger partial charge is 0.370 e. The predicted molar refractivity (Wildman–Crippen MR) is 92.7 cm³/mol. The molecule has 8 nitrogen and oxygen atoms in total. The van der Waals surface area contributed by atoms with E-state index in [1.807, 2.05) is 18.3 Å². The van der Waals surface area contributed by atoms with Crippen LogP contribution < -0.4 is 10.2 Å². The molecule has 1 aliphatic rings. The smallest absolute Gasteiger partial charge is 0.224 e. The van der Waals surface area contributed by atoms with Gasteiger partial charge in [0.2, 0.25) is 5.91 Å². The highest BCUT2D eigenvalue weighted by atomic mass is 16.1. The molecule has 8 heteroatoms. The minimum atomic E-state index is -0.0404. The first kappa shape index (κ1) is 15.3. The Bertz CT molecular complexity index is 966. The van der Waals surface area contributed by atoms with Crippen molar-refractivity contribution in [3.05, 3.63) is 24.7 Å². The zero-order chi connectivity index (χ0) is 17.2. The summed E-state index contributed by atoms with van der Waals surface area (Å²) < 4.78 is 0. The number of carbonyl (C=O) groups excluding carboxylic acids is 1. The van der Waals surface area contributed by atoms with Gasteiger partial charge in [-0.05, 0) is 18.9 Å². The van der Waals surface area contributed by atoms with E-state index in [-0.39, 0.29) is 18.4 Å². The average Bonchev–Trinajstić information content (AvgIpc) is 3.15. The molecule has 1 aliphatic heterocycles. The van der Waals surface area contributed by atoms with E-state index in [0.717, 1.165) is 53.6 Å². The van der Waals surface area contributed by atoms with Gasteiger partial charge in [0.1, 0.15) is 6.54 Å². The Hall–Kier alpha value is -3.21. The molecule has 3 aromatic rings. The third kappa shape index (κ3) is 2.74. The molecule has 2 N–H and O–H groups in total. The SMILES string of the molecule is N#CCNC(=O)C1CCN(c2cn[nH]c3cnc4nccc4c23)CC1. The standard InChI is InChI=1S/C17H17N7O/c18-4-6-20-17(25)11-2-7-24(8-3-11)14-10-22-23-13-9-21-16-12(15(13)14)1-5-19-16/h1,5,9-11,23H,2-3,6-8H2,(H,20,25). The van der Waals surface area contributed by atoms with Crippen molar-refractivity contribution >= 4 is 33.5 Å². The van der Waals surface area contributed by atoms with Crippen molar-refractivity contribution in [1.82, 2.24) is 25.5 Å². The number of aromatic nitrogens is 4. The van der Waals surface area contributed by atoms with E-state index in [0.29, 0.717) is 0 Å². The van der Waals surface area contributed by atoms with Gasteiger partial charge < -0.3 is 10.2 Å². The van der Waals surface area contributed by atoms with E-state index in [9.17, 15) is 4.79 Å².